The first kappa shape index (κ1) is 16.5. The lowest BCUT2D eigenvalue weighted by Gasteiger charge is -2.40. The third kappa shape index (κ3) is 3.69. The zero-order valence-electron chi connectivity index (χ0n) is 14.4. The molecule has 2 aromatic heterocycles. The molecule has 4 heterocycles. The van der Waals surface area contributed by atoms with Crippen LogP contribution in [0.15, 0.2) is 24.0 Å². The predicted octanol–water partition coefficient (Wildman–Crippen LogP) is 2.43. The maximum Gasteiger partial charge on any atom is 0.218 e. The van der Waals surface area contributed by atoms with Gasteiger partial charge in [-0.25, -0.2) is 15.0 Å². The number of methoxy groups -OCH3 is 1. The van der Waals surface area contributed by atoms with Gasteiger partial charge in [-0.1, -0.05) is 0 Å². The van der Waals surface area contributed by atoms with Crippen molar-refractivity contribution >= 4 is 22.3 Å². The Morgan fingerprint density at radius 1 is 1.44 bits per heavy atom. The van der Waals surface area contributed by atoms with Crippen molar-refractivity contribution < 1.29 is 9.47 Å². The first-order chi connectivity index (χ1) is 12.3. The normalized spacial score (nSPS) is 26.1. The molecule has 2 aromatic rings. The second-order valence-electron chi connectivity index (χ2n) is 6.73. The number of hydrogen-bond donors (Lipinski definition) is 1. The Balaban J connectivity index is 1.38. The molecule has 25 heavy (non-hydrogen) atoms. The van der Waals surface area contributed by atoms with Crippen molar-refractivity contribution in [3.63, 3.8) is 0 Å². The Bertz CT molecular complexity index is 698. The lowest BCUT2D eigenvalue weighted by atomic mass is 9.86. The molecule has 2 fully saturated rings. The Morgan fingerprint density at radius 3 is 3.24 bits per heavy atom. The second kappa shape index (κ2) is 7.13. The van der Waals surface area contributed by atoms with Gasteiger partial charge in [-0.3, -0.25) is 0 Å². The third-order valence-electron chi connectivity index (χ3n) is 4.96. The molecule has 0 radical (unpaired) electrons. The maximum absolute atomic E-state index is 6.30. The van der Waals surface area contributed by atoms with E-state index >= 15 is 0 Å². The summed E-state index contributed by atoms with van der Waals surface area (Å²) in [5.74, 6) is 2.03. The number of nitrogens with one attached hydrogen (secondary N) is 1. The fraction of sp³-hybridized carbons (Fsp3) is 0.588. The van der Waals surface area contributed by atoms with E-state index in [1.165, 1.54) is 0 Å². The molecule has 0 aliphatic carbocycles. The maximum atomic E-state index is 6.30. The van der Waals surface area contributed by atoms with Crippen molar-refractivity contribution in [1.29, 1.82) is 0 Å². The van der Waals surface area contributed by atoms with E-state index < -0.39 is 0 Å². The fourth-order valence-corrected chi connectivity index (χ4v) is 4.34. The molecule has 1 spiro atoms. The van der Waals surface area contributed by atoms with Gasteiger partial charge in [0.15, 0.2) is 5.13 Å². The molecule has 2 aliphatic rings. The van der Waals surface area contributed by atoms with Gasteiger partial charge in [-0.05, 0) is 19.3 Å². The molecule has 0 amide bonds. The monoisotopic (exact) mass is 361 g/mol. The zero-order chi connectivity index (χ0) is 17.1. The van der Waals surface area contributed by atoms with Crippen LogP contribution in [0.1, 0.15) is 19.3 Å². The molecule has 8 heteroatoms. The molecule has 0 bridgehead atoms. The first-order valence-electron chi connectivity index (χ1n) is 8.65. The van der Waals surface area contributed by atoms with Crippen molar-refractivity contribution in [3.05, 3.63) is 24.0 Å². The van der Waals surface area contributed by atoms with E-state index in [2.05, 4.69) is 25.2 Å². The molecule has 2 aliphatic heterocycles. The summed E-state index contributed by atoms with van der Waals surface area (Å²) in [5.41, 5.74) is -0.0638. The van der Waals surface area contributed by atoms with Crippen molar-refractivity contribution in [1.82, 2.24) is 15.0 Å². The van der Waals surface area contributed by atoms with Gasteiger partial charge in [0.2, 0.25) is 5.88 Å². The molecule has 2 atom stereocenters. The number of thiazole rings is 1. The number of rotatable bonds is 5. The van der Waals surface area contributed by atoms with E-state index in [1.54, 1.807) is 24.8 Å². The summed E-state index contributed by atoms with van der Waals surface area (Å²) in [6.45, 7) is 3.59. The standard InChI is InChI=1S/C17H23N5O2S/c1-23-15-7-14(20-12-21-15)22-5-2-3-17(11-22)8-13(10-24-17)9-19-16-18-4-6-25-16/h4,6-7,12-13H,2-3,5,8-11H2,1H3,(H,18,19)/t13-,17-/m0/s1. The highest BCUT2D eigenvalue weighted by atomic mass is 32.1. The van der Waals surface area contributed by atoms with Gasteiger partial charge in [0.1, 0.15) is 12.1 Å². The Hall–Kier alpha value is -1.93. The van der Waals surface area contributed by atoms with Gasteiger partial charge in [0, 0.05) is 43.2 Å². The largest absolute Gasteiger partial charge is 0.481 e. The number of piperidine rings is 1. The van der Waals surface area contributed by atoms with E-state index in [-0.39, 0.29) is 5.60 Å². The van der Waals surface area contributed by atoms with Crippen LogP contribution in [0.3, 0.4) is 0 Å². The number of ether oxygens (including phenoxy) is 2. The van der Waals surface area contributed by atoms with Gasteiger partial charge in [0.05, 0.1) is 19.3 Å². The average Bonchev–Trinajstić information content (AvgIpc) is 3.30. The highest BCUT2D eigenvalue weighted by molar-refractivity contribution is 7.13. The Kier molecular flexibility index (Phi) is 4.72. The van der Waals surface area contributed by atoms with Crippen LogP contribution in [0.25, 0.3) is 0 Å². The average molecular weight is 361 g/mol. The van der Waals surface area contributed by atoms with Crippen LogP contribution in [0.2, 0.25) is 0 Å². The molecular formula is C17H23N5O2S. The van der Waals surface area contributed by atoms with Gasteiger partial charge >= 0.3 is 0 Å². The molecule has 2 saturated heterocycles. The minimum atomic E-state index is -0.0638. The summed E-state index contributed by atoms with van der Waals surface area (Å²) in [6, 6.07) is 1.90. The summed E-state index contributed by atoms with van der Waals surface area (Å²) < 4.78 is 11.5. The lowest BCUT2D eigenvalue weighted by molar-refractivity contribution is -0.00705. The lowest BCUT2D eigenvalue weighted by Crippen LogP contribution is -2.48. The van der Waals surface area contributed by atoms with Crippen LogP contribution in [0, 0.1) is 5.92 Å². The highest BCUT2D eigenvalue weighted by Gasteiger charge is 2.43. The van der Waals surface area contributed by atoms with Crippen LogP contribution in [-0.2, 0) is 4.74 Å². The van der Waals surface area contributed by atoms with Crippen LogP contribution in [-0.4, -0.2) is 53.9 Å². The molecule has 4 rings (SSSR count). The molecular weight excluding hydrogens is 338 g/mol. The number of nitrogens with zero attached hydrogens (tertiary/aromatic N) is 4. The smallest absolute Gasteiger partial charge is 0.218 e. The van der Waals surface area contributed by atoms with Gasteiger partial charge in [-0.15, -0.1) is 11.3 Å². The van der Waals surface area contributed by atoms with Crippen LogP contribution in [0.5, 0.6) is 5.88 Å². The second-order valence-corrected chi connectivity index (χ2v) is 7.62. The van der Waals surface area contributed by atoms with E-state index in [0.717, 1.165) is 56.5 Å². The molecule has 7 nitrogen and oxygen atoms in total. The van der Waals surface area contributed by atoms with Crippen LogP contribution >= 0.6 is 11.3 Å². The van der Waals surface area contributed by atoms with Crippen molar-refractivity contribution in [2.45, 2.75) is 24.9 Å². The van der Waals surface area contributed by atoms with Crippen LogP contribution in [0.4, 0.5) is 10.9 Å². The number of aromatic nitrogens is 3. The van der Waals surface area contributed by atoms with E-state index in [4.69, 9.17) is 9.47 Å². The van der Waals surface area contributed by atoms with Crippen molar-refractivity contribution in [3.8, 4) is 5.88 Å². The minimum Gasteiger partial charge on any atom is -0.481 e. The van der Waals surface area contributed by atoms with E-state index in [1.807, 2.05) is 17.6 Å². The Morgan fingerprint density at radius 2 is 2.40 bits per heavy atom. The molecule has 1 N–H and O–H groups in total. The summed E-state index contributed by atoms with van der Waals surface area (Å²) in [5, 5.41) is 6.40. The van der Waals surface area contributed by atoms with E-state index in [9.17, 15) is 0 Å². The van der Waals surface area contributed by atoms with Crippen molar-refractivity contribution in [2.75, 3.05) is 43.6 Å². The first-order valence-corrected chi connectivity index (χ1v) is 9.53. The molecule has 0 saturated carbocycles. The summed E-state index contributed by atoms with van der Waals surface area (Å²) >= 11 is 1.64. The Labute approximate surface area is 151 Å². The van der Waals surface area contributed by atoms with Crippen molar-refractivity contribution in [2.24, 2.45) is 5.92 Å². The highest BCUT2D eigenvalue weighted by Crippen LogP contribution is 2.38. The number of anilines is 2. The summed E-state index contributed by atoms with van der Waals surface area (Å²) in [4.78, 5) is 15.1. The number of hydrogen-bond acceptors (Lipinski definition) is 8. The fourth-order valence-electron chi connectivity index (χ4n) is 3.80. The third-order valence-corrected chi connectivity index (χ3v) is 5.69. The van der Waals surface area contributed by atoms with Crippen LogP contribution < -0.4 is 15.0 Å². The molecule has 0 aromatic carbocycles. The summed E-state index contributed by atoms with van der Waals surface area (Å²) in [7, 11) is 1.63. The topological polar surface area (TPSA) is 72.4 Å². The van der Waals surface area contributed by atoms with Gasteiger partial charge in [0.25, 0.3) is 0 Å². The van der Waals surface area contributed by atoms with Gasteiger partial charge < -0.3 is 19.7 Å². The van der Waals surface area contributed by atoms with Gasteiger partial charge in [-0.2, -0.15) is 0 Å². The summed E-state index contributed by atoms with van der Waals surface area (Å²) in [6.07, 6.45) is 6.68. The zero-order valence-corrected chi connectivity index (χ0v) is 15.2. The molecule has 134 valence electrons. The SMILES string of the molecule is COc1cc(N2CCC[C@]3(C[C@@H](CNc4nccs4)CO3)C2)ncn1. The molecule has 0 unspecified atom stereocenters. The predicted molar refractivity (Wildman–Crippen MR) is 97.4 cm³/mol. The van der Waals surface area contributed by atoms with E-state index in [0.29, 0.717) is 11.8 Å². The quantitative estimate of drug-likeness (QED) is 0.877. The minimum absolute atomic E-state index is 0.0638.